The summed E-state index contributed by atoms with van der Waals surface area (Å²) in [5, 5.41) is 18.3. The van der Waals surface area contributed by atoms with Gasteiger partial charge in [-0.15, -0.1) is 18.3 Å². The van der Waals surface area contributed by atoms with Gasteiger partial charge in [-0.1, -0.05) is 36.0 Å². The Labute approximate surface area is 255 Å². The van der Waals surface area contributed by atoms with Crippen LogP contribution in [-0.2, 0) is 11.2 Å². The second-order valence-corrected chi connectivity index (χ2v) is 10.7. The minimum Gasteiger partial charge on any atom is -0.497 e. The van der Waals surface area contributed by atoms with Gasteiger partial charge in [0.15, 0.2) is 11.0 Å². The van der Waals surface area contributed by atoms with Crippen molar-refractivity contribution in [2.24, 2.45) is 4.99 Å². The number of amidine groups is 1. The summed E-state index contributed by atoms with van der Waals surface area (Å²) < 4.78 is 47.8. The zero-order valence-electron chi connectivity index (χ0n) is 23.8. The van der Waals surface area contributed by atoms with Crippen molar-refractivity contribution in [3.8, 4) is 28.6 Å². The highest BCUT2D eigenvalue weighted by Gasteiger charge is 2.32. The number of benzene rings is 3. The number of hydrogen-bond acceptors (Lipinski definition) is 9. The molecule has 0 spiro atoms. The summed E-state index contributed by atoms with van der Waals surface area (Å²) in [5.74, 6) is 0.993. The summed E-state index contributed by atoms with van der Waals surface area (Å²) in [4.78, 5) is 22.7. The zero-order chi connectivity index (χ0) is 31.3. The zero-order valence-corrected chi connectivity index (χ0v) is 24.6. The number of carbonyl (C=O) groups excluding carboxylic acids is 1. The number of aliphatic hydroxyl groups is 1. The molecule has 1 aromatic heterocycles. The maximum Gasteiger partial charge on any atom is 0.573 e. The number of rotatable bonds is 11. The van der Waals surface area contributed by atoms with Gasteiger partial charge in [0.1, 0.15) is 17.8 Å². The number of nitrogens with one attached hydrogen (secondary N) is 1. The second kappa shape index (κ2) is 13.5. The first-order valence-corrected chi connectivity index (χ1v) is 14.5. The van der Waals surface area contributed by atoms with Crippen LogP contribution in [0.3, 0.4) is 0 Å². The normalized spacial score (nSPS) is 15.2. The lowest BCUT2D eigenvalue weighted by atomic mass is 10.1. The lowest BCUT2D eigenvalue weighted by Crippen LogP contribution is -2.34. The number of halogens is 3. The van der Waals surface area contributed by atoms with Gasteiger partial charge >= 0.3 is 6.36 Å². The molecule has 2 heterocycles. The number of anilines is 1. The molecule has 230 valence electrons. The molecule has 44 heavy (non-hydrogen) atoms. The van der Waals surface area contributed by atoms with Crippen molar-refractivity contribution >= 4 is 28.5 Å². The van der Waals surface area contributed by atoms with Crippen LogP contribution in [0.4, 0.5) is 18.9 Å². The van der Waals surface area contributed by atoms with Gasteiger partial charge in [-0.3, -0.25) is 15.0 Å². The largest absolute Gasteiger partial charge is 0.573 e. The molecule has 1 unspecified atom stereocenters. The SMILES string of the molecule is COc1ccc(N2C(=O)CS/C2=N\C(O)NCCCc2ccc(-c3ncn(-c4ccc(OC(F)(F)F)cc4)n3)cc2)c(C)c1. The van der Waals surface area contributed by atoms with Gasteiger partial charge in [-0.25, -0.2) is 14.7 Å². The molecule has 1 amide bonds. The highest BCUT2D eigenvalue weighted by atomic mass is 32.2. The Balaban J connectivity index is 1.11. The van der Waals surface area contributed by atoms with Crippen molar-refractivity contribution in [2.75, 3.05) is 24.3 Å². The summed E-state index contributed by atoms with van der Waals surface area (Å²) in [6, 6.07) is 18.5. The van der Waals surface area contributed by atoms with E-state index in [0.717, 1.165) is 29.5 Å². The quantitative estimate of drug-likeness (QED) is 0.175. The monoisotopic (exact) mass is 626 g/mol. The number of aliphatic imine (C=N–C) groups is 1. The van der Waals surface area contributed by atoms with Crippen LogP contribution >= 0.6 is 11.8 Å². The van der Waals surface area contributed by atoms with Crippen molar-refractivity contribution in [1.29, 1.82) is 0 Å². The van der Waals surface area contributed by atoms with Crippen molar-refractivity contribution in [1.82, 2.24) is 20.1 Å². The van der Waals surface area contributed by atoms with E-state index in [1.807, 2.05) is 37.3 Å². The summed E-state index contributed by atoms with van der Waals surface area (Å²) in [5.41, 5.74) is 3.96. The van der Waals surface area contributed by atoms with E-state index in [-0.39, 0.29) is 17.4 Å². The summed E-state index contributed by atoms with van der Waals surface area (Å²) in [6.07, 6.45) is -2.95. The standard InChI is InChI=1S/C30H29F3N6O4S/c1-19-16-24(42-2)13-14-25(19)39-26(40)17-44-29(39)36-28(41)34-15-3-4-20-5-7-21(8-6-20)27-35-18-38(37-27)22-9-11-23(12-10-22)43-30(31,32)33/h5-14,16,18,28,34,41H,3-4,15,17H2,1-2H3/b36-29-. The van der Waals surface area contributed by atoms with Crippen molar-refractivity contribution in [3.05, 3.63) is 84.2 Å². The number of hydrogen-bond donors (Lipinski definition) is 2. The van der Waals surface area contributed by atoms with Gasteiger partial charge in [-0.2, -0.15) is 0 Å². The molecule has 3 aromatic carbocycles. The van der Waals surface area contributed by atoms with Crippen LogP contribution in [0.25, 0.3) is 17.1 Å². The molecule has 1 saturated heterocycles. The highest BCUT2D eigenvalue weighted by Crippen LogP contribution is 2.31. The molecule has 0 saturated carbocycles. The first-order chi connectivity index (χ1) is 21.1. The number of ether oxygens (including phenoxy) is 2. The number of aryl methyl sites for hydroxylation is 2. The number of alkyl halides is 3. The Kier molecular flexibility index (Phi) is 9.52. The molecule has 2 N–H and O–H groups in total. The smallest absolute Gasteiger partial charge is 0.497 e. The van der Waals surface area contributed by atoms with E-state index in [9.17, 15) is 23.1 Å². The number of methoxy groups -OCH3 is 1. The van der Waals surface area contributed by atoms with Gasteiger partial charge in [0.05, 0.1) is 24.2 Å². The summed E-state index contributed by atoms with van der Waals surface area (Å²) >= 11 is 1.28. The lowest BCUT2D eigenvalue weighted by molar-refractivity contribution is -0.274. The molecule has 1 atom stereocenters. The minimum absolute atomic E-state index is 0.103. The van der Waals surface area contributed by atoms with E-state index in [2.05, 4.69) is 25.1 Å². The Hall–Kier alpha value is -4.40. The van der Waals surface area contributed by atoms with E-state index in [1.165, 1.54) is 51.9 Å². The molecular formula is C30H29F3N6O4S. The number of amides is 1. The molecule has 1 aliphatic heterocycles. The minimum atomic E-state index is -4.75. The first-order valence-electron chi connectivity index (χ1n) is 13.6. The summed E-state index contributed by atoms with van der Waals surface area (Å²) in [7, 11) is 1.58. The topological polar surface area (TPSA) is 114 Å². The Bertz CT molecular complexity index is 1630. The van der Waals surface area contributed by atoms with Crippen LogP contribution in [0, 0.1) is 6.92 Å². The van der Waals surface area contributed by atoms with Crippen LogP contribution in [-0.4, -0.2) is 63.1 Å². The highest BCUT2D eigenvalue weighted by molar-refractivity contribution is 8.15. The molecule has 1 fully saturated rings. The van der Waals surface area contributed by atoms with Gasteiger partial charge in [0, 0.05) is 5.56 Å². The average Bonchev–Trinajstić information content (AvgIpc) is 3.62. The second-order valence-electron chi connectivity index (χ2n) is 9.76. The van der Waals surface area contributed by atoms with Gasteiger partial charge in [0.2, 0.25) is 12.3 Å². The fourth-order valence-corrected chi connectivity index (χ4v) is 5.40. The van der Waals surface area contributed by atoms with E-state index in [4.69, 9.17) is 4.74 Å². The molecule has 14 heteroatoms. The van der Waals surface area contributed by atoms with E-state index >= 15 is 0 Å². The van der Waals surface area contributed by atoms with Crippen molar-refractivity contribution < 1.29 is 32.5 Å². The number of aliphatic hydroxyl groups excluding tert-OH is 1. The molecule has 0 radical (unpaired) electrons. The molecule has 1 aliphatic rings. The first kappa shape index (κ1) is 31.0. The van der Waals surface area contributed by atoms with Gasteiger partial charge in [0.25, 0.3) is 0 Å². The van der Waals surface area contributed by atoms with Gasteiger partial charge < -0.3 is 14.6 Å². The van der Waals surface area contributed by atoms with Crippen molar-refractivity contribution in [2.45, 2.75) is 32.5 Å². The van der Waals surface area contributed by atoms with Crippen LogP contribution in [0.5, 0.6) is 11.5 Å². The number of aromatic nitrogens is 3. The maximum atomic E-state index is 12.6. The predicted octanol–water partition coefficient (Wildman–Crippen LogP) is 5.08. The summed E-state index contributed by atoms with van der Waals surface area (Å²) in [6.45, 7) is 2.39. The third kappa shape index (κ3) is 7.75. The molecule has 10 nitrogen and oxygen atoms in total. The fourth-order valence-electron chi connectivity index (χ4n) is 4.51. The predicted molar refractivity (Wildman–Crippen MR) is 161 cm³/mol. The molecule has 0 aliphatic carbocycles. The van der Waals surface area contributed by atoms with Crippen LogP contribution in [0.15, 0.2) is 78.0 Å². The molecule has 5 rings (SSSR count). The number of carbonyl (C=O) groups is 1. The average molecular weight is 627 g/mol. The van der Waals surface area contributed by atoms with Crippen LogP contribution < -0.4 is 19.7 Å². The van der Waals surface area contributed by atoms with Crippen molar-refractivity contribution in [3.63, 3.8) is 0 Å². The van der Waals surface area contributed by atoms with E-state index in [0.29, 0.717) is 34.7 Å². The van der Waals surface area contributed by atoms with E-state index < -0.39 is 12.7 Å². The maximum absolute atomic E-state index is 12.6. The molecular weight excluding hydrogens is 597 g/mol. The number of thioether (sulfide) groups is 1. The number of nitrogens with zero attached hydrogens (tertiary/aromatic N) is 5. The van der Waals surface area contributed by atoms with Crippen LogP contribution in [0.2, 0.25) is 0 Å². The van der Waals surface area contributed by atoms with Gasteiger partial charge in [-0.05, 0) is 79.9 Å². The van der Waals surface area contributed by atoms with E-state index in [1.54, 1.807) is 19.2 Å². The molecule has 0 bridgehead atoms. The third-order valence-corrected chi connectivity index (χ3v) is 7.59. The fraction of sp³-hybridized carbons (Fsp3) is 0.267. The van der Waals surface area contributed by atoms with Crippen LogP contribution in [0.1, 0.15) is 17.5 Å². The third-order valence-electron chi connectivity index (χ3n) is 6.65. The molecule has 4 aromatic rings. The Morgan fingerprint density at radius 3 is 2.50 bits per heavy atom. The Morgan fingerprint density at radius 1 is 1.09 bits per heavy atom. The lowest BCUT2D eigenvalue weighted by Gasteiger charge is -2.20. The Morgan fingerprint density at radius 2 is 1.82 bits per heavy atom.